The van der Waals surface area contributed by atoms with E-state index >= 15 is 0 Å². The van der Waals surface area contributed by atoms with Crippen LogP contribution in [0.2, 0.25) is 0 Å². The van der Waals surface area contributed by atoms with Crippen molar-refractivity contribution in [3.05, 3.63) is 25.3 Å². The number of carbonyl (C=O) groups excluding carboxylic acids is 2. The molecular weight excluding hydrogens is 202 g/mol. The monoisotopic (exact) mass is 211 g/mol. The molecule has 0 amide bonds. The third-order valence-corrected chi connectivity index (χ3v) is 1.14. The Morgan fingerprint density at radius 3 is 1.93 bits per heavy atom. The normalized spacial score (nSPS) is 9.33. The minimum Gasteiger partial charge on any atom is -0.384 e. The summed E-state index contributed by atoms with van der Waals surface area (Å²) >= 11 is 0. The van der Waals surface area contributed by atoms with E-state index in [-0.39, 0.29) is 0 Å². The summed E-state index contributed by atoms with van der Waals surface area (Å²) in [6, 6.07) is 0. The average Bonchev–Trinajstić information content (AvgIpc) is 2.17. The van der Waals surface area contributed by atoms with E-state index in [0.29, 0.717) is 0 Å². The maximum atomic E-state index is 10.8. The van der Waals surface area contributed by atoms with Crippen LogP contribution in [-0.4, -0.2) is 17.9 Å². The SMILES string of the molecule is C=CC(=O)OC(C)(OC#N)OC(=O)C=C. The lowest BCUT2D eigenvalue weighted by atomic mass is 10.5. The van der Waals surface area contributed by atoms with Crippen LogP contribution < -0.4 is 0 Å². The summed E-state index contributed by atoms with van der Waals surface area (Å²) in [5.74, 6) is -3.90. The van der Waals surface area contributed by atoms with Gasteiger partial charge in [-0.1, -0.05) is 13.2 Å². The molecule has 0 saturated carbocycles. The molecule has 0 spiro atoms. The highest BCUT2D eigenvalue weighted by Gasteiger charge is 2.35. The molecule has 0 radical (unpaired) electrons. The summed E-state index contributed by atoms with van der Waals surface area (Å²) in [6.07, 6.45) is 2.91. The maximum absolute atomic E-state index is 10.8. The van der Waals surface area contributed by atoms with Gasteiger partial charge in [-0.15, -0.1) is 0 Å². The highest BCUT2D eigenvalue weighted by Crippen LogP contribution is 2.15. The van der Waals surface area contributed by atoms with Crippen LogP contribution in [0.5, 0.6) is 0 Å². The Morgan fingerprint density at radius 2 is 1.67 bits per heavy atom. The molecule has 0 aliphatic carbocycles. The second kappa shape index (κ2) is 5.44. The van der Waals surface area contributed by atoms with Gasteiger partial charge in [0.25, 0.3) is 6.26 Å². The van der Waals surface area contributed by atoms with Crippen molar-refractivity contribution in [1.82, 2.24) is 0 Å². The lowest BCUT2D eigenvalue weighted by Gasteiger charge is -2.23. The summed E-state index contributed by atoms with van der Waals surface area (Å²) < 4.78 is 13.3. The van der Waals surface area contributed by atoms with Gasteiger partial charge in [-0.2, -0.15) is 5.26 Å². The number of rotatable bonds is 5. The molecular formula is C9H9NO5. The van der Waals surface area contributed by atoms with Crippen LogP contribution in [0.25, 0.3) is 0 Å². The minimum atomic E-state index is -2.11. The molecule has 15 heavy (non-hydrogen) atoms. The Labute approximate surface area is 86.3 Å². The van der Waals surface area contributed by atoms with Crippen molar-refractivity contribution in [2.75, 3.05) is 0 Å². The second-order valence-corrected chi connectivity index (χ2v) is 2.31. The third kappa shape index (κ3) is 4.47. The summed E-state index contributed by atoms with van der Waals surface area (Å²) in [7, 11) is 0. The number of hydrogen-bond donors (Lipinski definition) is 0. The van der Waals surface area contributed by atoms with Crippen molar-refractivity contribution >= 4 is 11.9 Å². The molecule has 0 aromatic heterocycles. The zero-order valence-corrected chi connectivity index (χ0v) is 8.06. The first-order valence-corrected chi connectivity index (χ1v) is 3.75. The van der Waals surface area contributed by atoms with Gasteiger partial charge in [0.1, 0.15) is 0 Å². The number of nitrogens with zero attached hydrogens (tertiary/aromatic N) is 1. The fraction of sp³-hybridized carbons (Fsp3) is 0.222. The van der Waals surface area contributed by atoms with E-state index in [0.717, 1.165) is 19.1 Å². The van der Waals surface area contributed by atoms with Crippen molar-refractivity contribution < 1.29 is 23.8 Å². The highest BCUT2D eigenvalue weighted by molar-refractivity contribution is 5.83. The molecule has 0 bridgehead atoms. The second-order valence-electron chi connectivity index (χ2n) is 2.31. The van der Waals surface area contributed by atoms with Crippen LogP contribution in [0.15, 0.2) is 25.3 Å². The van der Waals surface area contributed by atoms with E-state index in [1.807, 2.05) is 0 Å². The van der Waals surface area contributed by atoms with Gasteiger partial charge in [0.05, 0.1) is 6.92 Å². The van der Waals surface area contributed by atoms with Crippen LogP contribution in [0, 0.1) is 11.5 Å². The van der Waals surface area contributed by atoms with E-state index in [2.05, 4.69) is 27.4 Å². The Kier molecular flexibility index (Phi) is 4.61. The summed E-state index contributed by atoms with van der Waals surface area (Å²) in [5.41, 5.74) is 0. The summed E-state index contributed by atoms with van der Waals surface area (Å²) in [4.78, 5) is 21.7. The Bertz CT molecular complexity index is 306. The standard InChI is InChI=1S/C9H9NO5/c1-4-7(11)14-9(3,13-6-10)15-8(12)5-2/h4-5H,1-2H2,3H3. The maximum Gasteiger partial charge on any atom is 0.428 e. The van der Waals surface area contributed by atoms with Gasteiger partial charge in [0.2, 0.25) is 0 Å². The molecule has 0 aliphatic rings. The fourth-order valence-electron chi connectivity index (χ4n) is 0.594. The van der Waals surface area contributed by atoms with Gasteiger partial charge in [-0.3, -0.25) is 0 Å². The predicted octanol–water partition coefficient (Wildman–Crippen LogP) is 0.616. The molecule has 0 saturated heterocycles. The van der Waals surface area contributed by atoms with Crippen LogP contribution in [0.1, 0.15) is 6.92 Å². The van der Waals surface area contributed by atoms with Crippen LogP contribution in [0.4, 0.5) is 0 Å². The number of ether oxygens (including phenoxy) is 3. The first-order valence-electron chi connectivity index (χ1n) is 3.75. The van der Waals surface area contributed by atoms with E-state index in [9.17, 15) is 9.59 Å². The Morgan fingerprint density at radius 1 is 1.27 bits per heavy atom. The van der Waals surface area contributed by atoms with Gasteiger partial charge in [-0.25, -0.2) is 9.59 Å². The number of hydrogen-bond acceptors (Lipinski definition) is 6. The van der Waals surface area contributed by atoms with Gasteiger partial charge in [0, 0.05) is 12.2 Å². The largest absolute Gasteiger partial charge is 0.428 e. The van der Waals surface area contributed by atoms with E-state index in [1.165, 1.54) is 6.26 Å². The van der Waals surface area contributed by atoms with E-state index in [4.69, 9.17) is 5.26 Å². The van der Waals surface area contributed by atoms with Crippen molar-refractivity contribution in [2.24, 2.45) is 0 Å². The third-order valence-electron chi connectivity index (χ3n) is 1.14. The molecule has 0 unspecified atom stereocenters. The molecule has 6 heteroatoms. The fourth-order valence-corrected chi connectivity index (χ4v) is 0.594. The minimum absolute atomic E-state index is 0.834. The number of carbonyl (C=O) groups is 2. The molecule has 0 heterocycles. The first kappa shape index (κ1) is 12.7. The molecule has 0 N–H and O–H groups in total. The predicted molar refractivity (Wildman–Crippen MR) is 47.7 cm³/mol. The molecule has 0 fully saturated rings. The number of nitriles is 1. The van der Waals surface area contributed by atoms with Crippen LogP contribution >= 0.6 is 0 Å². The van der Waals surface area contributed by atoms with Crippen LogP contribution in [-0.2, 0) is 23.8 Å². The van der Waals surface area contributed by atoms with Crippen molar-refractivity contribution in [1.29, 1.82) is 5.26 Å². The highest BCUT2D eigenvalue weighted by atomic mass is 16.9. The zero-order chi connectivity index (χ0) is 11.9. The topological polar surface area (TPSA) is 85.6 Å². The van der Waals surface area contributed by atoms with E-state index in [1.54, 1.807) is 0 Å². The molecule has 0 atom stereocenters. The average molecular weight is 211 g/mol. The Hall–Kier alpha value is -2.29. The van der Waals surface area contributed by atoms with Gasteiger partial charge < -0.3 is 14.2 Å². The number of esters is 2. The quantitative estimate of drug-likeness (QED) is 0.287. The molecule has 0 aliphatic heterocycles. The van der Waals surface area contributed by atoms with Crippen molar-refractivity contribution in [3.8, 4) is 6.26 Å². The van der Waals surface area contributed by atoms with Gasteiger partial charge in [-0.05, 0) is 0 Å². The summed E-state index contributed by atoms with van der Waals surface area (Å²) in [6.45, 7) is 7.34. The first-order chi connectivity index (χ1) is 6.97. The molecule has 80 valence electrons. The van der Waals surface area contributed by atoms with Crippen LogP contribution in [0.3, 0.4) is 0 Å². The zero-order valence-electron chi connectivity index (χ0n) is 8.06. The lowest BCUT2D eigenvalue weighted by molar-refractivity contribution is -0.307. The summed E-state index contributed by atoms with van der Waals surface area (Å²) in [5, 5.41) is 8.27. The molecule has 0 aromatic rings. The lowest BCUT2D eigenvalue weighted by Crippen LogP contribution is -2.38. The van der Waals surface area contributed by atoms with Crippen molar-refractivity contribution in [3.63, 3.8) is 0 Å². The molecule has 0 aromatic carbocycles. The molecule has 0 rings (SSSR count). The van der Waals surface area contributed by atoms with Crippen molar-refractivity contribution in [2.45, 2.75) is 12.9 Å². The van der Waals surface area contributed by atoms with Gasteiger partial charge in [0.15, 0.2) is 0 Å². The van der Waals surface area contributed by atoms with E-state index < -0.39 is 17.9 Å². The smallest absolute Gasteiger partial charge is 0.384 e. The molecule has 6 nitrogen and oxygen atoms in total. The van der Waals surface area contributed by atoms with Gasteiger partial charge >= 0.3 is 17.9 Å². The Balaban J connectivity index is 4.65.